The first-order chi connectivity index (χ1) is 11.8. The molecule has 1 aromatic rings. The van der Waals surface area contributed by atoms with Crippen LogP contribution in [0.5, 0.6) is 0 Å². The van der Waals surface area contributed by atoms with Crippen LogP contribution in [-0.4, -0.2) is 71.5 Å². The van der Waals surface area contributed by atoms with Crippen molar-refractivity contribution < 1.29 is 9.84 Å². The molecule has 6 heteroatoms. The van der Waals surface area contributed by atoms with Gasteiger partial charge in [0.2, 0.25) is 0 Å². The first kappa shape index (κ1) is 16.2. The lowest BCUT2D eigenvalue weighted by Crippen LogP contribution is -2.48. The smallest absolute Gasteiger partial charge is 0.132 e. The molecule has 0 radical (unpaired) electrons. The molecule has 4 rings (SSSR count). The zero-order chi connectivity index (χ0) is 16.4. The van der Waals surface area contributed by atoms with E-state index >= 15 is 0 Å². The topological polar surface area (TPSA) is 61.7 Å². The number of likely N-dealkylation sites (tertiary alicyclic amines) is 1. The molecule has 4 heterocycles. The third kappa shape index (κ3) is 3.55. The molecule has 1 aromatic heterocycles. The number of aliphatic hydroxyl groups is 1. The summed E-state index contributed by atoms with van der Waals surface area (Å²) in [5.74, 6) is 1.50. The summed E-state index contributed by atoms with van der Waals surface area (Å²) in [6.07, 6.45) is 6.92. The quantitative estimate of drug-likeness (QED) is 0.903. The van der Waals surface area contributed by atoms with E-state index in [2.05, 4.69) is 25.8 Å². The predicted octanol–water partition coefficient (Wildman–Crippen LogP) is 1.41. The summed E-state index contributed by atoms with van der Waals surface area (Å²) in [5, 5.41) is 9.67. The molecule has 3 aliphatic heterocycles. The molecule has 1 unspecified atom stereocenters. The van der Waals surface area contributed by atoms with Crippen molar-refractivity contribution in [1.82, 2.24) is 14.9 Å². The standard InChI is InChI=1S/C18H28N4O2/c23-16-3-8-21(9-4-16)15-1-6-22(7-2-15)18-11-17(19-13-20-18)14-5-10-24-12-14/h11,13-16,23H,1-10,12H2. The lowest BCUT2D eigenvalue weighted by atomic mass is 9.98. The van der Waals surface area contributed by atoms with Gasteiger partial charge in [-0.2, -0.15) is 0 Å². The summed E-state index contributed by atoms with van der Waals surface area (Å²) >= 11 is 0. The zero-order valence-corrected chi connectivity index (χ0v) is 14.3. The van der Waals surface area contributed by atoms with E-state index in [0.29, 0.717) is 12.0 Å². The third-order valence-corrected chi connectivity index (χ3v) is 5.83. The fraction of sp³-hybridized carbons (Fsp3) is 0.778. The third-order valence-electron chi connectivity index (χ3n) is 5.83. The normalized spacial score (nSPS) is 27.7. The monoisotopic (exact) mass is 332 g/mol. The first-order valence-electron chi connectivity index (χ1n) is 9.36. The number of ether oxygens (including phenoxy) is 1. The highest BCUT2D eigenvalue weighted by Gasteiger charge is 2.28. The fourth-order valence-electron chi connectivity index (χ4n) is 4.24. The Morgan fingerprint density at radius 1 is 1.00 bits per heavy atom. The van der Waals surface area contributed by atoms with E-state index in [1.165, 1.54) is 12.8 Å². The lowest BCUT2D eigenvalue weighted by molar-refractivity contribution is 0.0542. The fourth-order valence-corrected chi connectivity index (χ4v) is 4.24. The van der Waals surface area contributed by atoms with Gasteiger partial charge in [0, 0.05) is 50.8 Å². The van der Waals surface area contributed by atoms with Crippen molar-refractivity contribution in [3.05, 3.63) is 18.1 Å². The van der Waals surface area contributed by atoms with Crippen molar-refractivity contribution in [2.45, 2.75) is 50.2 Å². The number of nitrogens with zero attached hydrogens (tertiary/aromatic N) is 4. The van der Waals surface area contributed by atoms with E-state index < -0.39 is 0 Å². The van der Waals surface area contributed by atoms with Crippen molar-refractivity contribution in [3.8, 4) is 0 Å². The van der Waals surface area contributed by atoms with Crippen LogP contribution in [-0.2, 0) is 4.74 Å². The van der Waals surface area contributed by atoms with Crippen molar-refractivity contribution >= 4 is 5.82 Å². The van der Waals surface area contributed by atoms with E-state index in [1.54, 1.807) is 6.33 Å². The van der Waals surface area contributed by atoms with Gasteiger partial charge in [-0.05, 0) is 32.1 Å². The van der Waals surface area contributed by atoms with Crippen LogP contribution >= 0.6 is 0 Å². The molecule has 3 fully saturated rings. The highest BCUT2D eigenvalue weighted by Crippen LogP contribution is 2.27. The molecular formula is C18H28N4O2. The molecular weight excluding hydrogens is 304 g/mol. The molecule has 3 aliphatic rings. The number of anilines is 1. The molecule has 132 valence electrons. The van der Waals surface area contributed by atoms with E-state index in [0.717, 1.165) is 70.2 Å². The van der Waals surface area contributed by atoms with Crippen LogP contribution < -0.4 is 4.90 Å². The average Bonchev–Trinajstić information content (AvgIpc) is 3.17. The second-order valence-electron chi connectivity index (χ2n) is 7.35. The summed E-state index contributed by atoms with van der Waals surface area (Å²) < 4.78 is 5.49. The minimum Gasteiger partial charge on any atom is -0.393 e. The number of hydrogen-bond acceptors (Lipinski definition) is 6. The second-order valence-corrected chi connectivity index (χ2v) is 7.35. The summed E-state index contributed by atoms with van der Waals surface area (Å²) in [7, 11) is 0. The second kappa shape index (κ2) is 7.33. The van der Waals surface area contributed by atoms with Gasteiger partial charge >= 0.3 is 0 Å². The molecule has 24 heavy (non-hydrogen) atoms. The Hall–Kier alpha value is -1.24. The van der Waals surface area contributed by atoms with Crippen LogP contribution in [0.25, 0.3) is 0 Å². The Kier molecular flexibility index (Phi) is 4.96. The van der Waals surface area contributed by atoms with E-state index in [4.69, 9.17) is 4.74 Å². The van der Waals surface area contributed by atoms with Gasteiger partial charge in [-0.3, -0.25) is 0 Å². The van der Waals surface area contributed by atoms with Gasteiger partial charge in [0.25, 0.3) is 0 Å². The summed E-state index contributed by atoms with van der Waals surface area (Å²) in [4.78, 5) is 13.9. The first-order valence-corrected chi connectivity index (χ1v) is 9.36. The maximum Gasteiger partial charge on any atom is 0.132 e. The van der Waals surface area contributed by atoms with E-state index in [9.17, 15) is 5.11 Å². The van der Waals surface area contributed by atoms with Crippen LogP contribution in [0.1, 0.15) is 43.7 Å². The summed E-state index contributed by atoms with van der Waals surface area (Å²) in [5.41, 5.74) is 1.13. The molecule has 6 nitrogen and oxygen atoms in total. The van der Waals surface area contributed by atoms with Crippen LogP contribution in [0, 0.1) is 0 Å². The van der Waals surface area contributed by atoms with Crippen molar-refractivity contribution in [2.24, 2.45) is 0 Å². The van der Waals surface area contributed by atoms with Crippen LogP contribution in [0.4, 0.5) is 5.82 Å². The highest BCUT2D eigenvalue weighted by molar-refractivity contribution is 5.40. The summed E-state index contributed by atoms with van der Waals surface area (Å²) in [6, 6.07) is 2.83. The minimum atomic E-state index is -0.0830. The Bertz CT molecular complexity index is 534. The maximum atomic E-state index is 9.67. The Labute approximate surface area is 143 Å². The maximum absolute atomic E-state index is 9.67. The van der Waals surface area contributed by atoms with E-state index in [-0.39, 0.29) is 6.10 Å². The van der Waals surface area contributed by atoms with Crippen molar-refractivity contribution in [2.75, 3.05) is 44.3 Å². The number of aromatic nitrogens is 2. The van der Waals surface area contributed by atoms with Gasteiger partial charge in [-0.15, -0.1) is 0 Å². The highest BCUT2D eigenvalue weighted by atomic mass is 16.5. The van der Waals surface area contributed by atoms with Crippen molar-refractivity contribution in [1.29, 1.82) is 0 Å². The number of piperidine rings is 2. The summed E-state index contributed by atoms with van der Waals surface area (Å²) in [6.45, 7) is 5.85. The molecule has 0 spiro atoms. The molecule has 1 N–H and O–H groups in total. The van der Waals surface area contributed by atoms with Gasteiger partial charge < -0.3 is 19.6 Å². The van der Waals surface area contributed by atoms with Crippen LogP contribution in [0.2, 0.25) is 0 Å². The van der Waals surface area contributed by atoms with Crippen molar-refractivity contribution in [3.63, 3.8) is 0 Å². The molecule has 0 aromatic carbocycles. The number of rotatable bonds is 3. The molecule has 0 bridgehead atoms. The molecule has 0 amide bonds. The molecule has 3 saturated heterocycles. The van der Waals surface area contributed by atoms with E-state index in [1.807, 2.05) is 0 Å². The van der Waals surface area contributed by atoms with Crippen LogP contribution in [0.15, 0.2) is 12.4 Å². The predicted molar refractivity (Wildman–Crippen MR) is 92.3 cm³/mol. The Morgan fingerprint density at radius 3 is 2.50 bits per heavy atom. The Balaban J connectivity index is 1.35. The van der Waals surface area contributed by atoms with Gasteiger partial charge in [0.1, 0.15) is 12.1 Å². The number of aliphatic hydroxyl groups excluding tert-OH is 1. The average molecular weight is 332 g/mol. The molecule has 0 aliphatic carbocycles. The molecule has 1 atom stereocenters. The van der Waals surface area contributed by atoms with Crippen LogP contribution in [0.3, 0.4) is 0 Å². The van der Waals surface area contributed by atoms with Gasteiger partial charge in [-0.25, -0.2) is 9.97 Å². The lowest BCUT2D eigenvalue weighted by Gasteiger charge is -2.41. The van der Waals surface area contributed by atoms with Gasteiger partial charge in [0.05, 0.1) is 18.4 Å². The Morgan fingerprint density at radius 2 is 1.79 bits per heavy atom. The molecule has 0 saturated carbocycles. The zero-order valence-electron chi connectivity index (χ0n) is 14.3. The largest absolute Gasteiger partial charge is 0.393 e. The minimum absolute atomic E-state index is 0.0830. The number of hydrogen-bond donors (Lipinski definition) is 1. The van der Waals surface area contributed by atoms with Gasteiger partial charge in [0.15, 0.2) is 0 Å². The SMILES string of the molecule is OC1CCN(C2CCN(c3cc(C4CCOC4)ncn3)CC2)CC1. The van der Waals surface area contributed by atoms with Gasteiger partial charge in [-0.1, -0.05) is 0 Å².